The first-order valence-corrected chi connectivity index (χ1v) is 24.2. The zero-order valence-corrected chi connectivity index (χ0v) is 38.5. The molecular formula is C54H89NO5. The van der Waals surface area contributed by atoms with Gasteiger partial charge in [-0.05, 0) is 70.6 Å². The average molecular weight is 832 g/mol. The third-order valence-electron chi connectivity index (χ3n) is 10.3. The van der Waals surface area contributed by atoms with Crippen molar-refractivity contribution in [1.29, 1.82) is 0 Å². The Balaban J connectivity index is 4.82. The lowest BCUT2D eigenvalue weighted by Crippen LogP contribution is -2.46. The number of carbonyl (C=O) groups excluding carboxylic acids is 2. The normalized spacial score (nSPS) is 14.3. The highest BCUT2D eigenvalue weighted by Gasteiger charge is 2.24. The molecule has 0 aromatic heterocycles. The highest BCUT2D eigenvalue weighted by molar-refractivity contribution is 5.77. The van der Waals surface area contributed by atoms with Gasteiger partial charge in [0.05, 0.1) is 25.2 Å². The summed E-state index contributed by atoms with van der Waals surface area (Å²) in [4.78, 5) is 26.1. The van der Waals surface area contributed by atoms with E-state index in [4.69, 9.17) is 4.74 Å². The van der Waals surface area contributed by atoms with Crippen LogP contribution in [0, 0.1) is 0 Å². The largest absolute Gasteiger partial charge is 0.462 e. The molecule has 0 heterocycles. The van der Waals surface area contributed by atoms with E-state index in [0.717, 1.165) is 83.5 Å². The van der Waals surface area contributed by atoms with Crippen molar-refractivity contribution in [1.82, 2.24) is 5.32 Å². The SMILES string of the molecule is CC/C=C/C=C/C=C\C=C/C=C/CCCCCC(=O)OC(CCCCC/C=C/C=C/C=C/C=C/CCCCC)CC(=O)NC(CO)C(O)CCCCCCCCCCCC. The van der Waals surface area contributed by atoms with Gasteiger partial charge in [-0.2, -0.15) is 0 Å². The number of amides is 1. The second-order valence-electron chi connectivity index (χ2n) is 16.0. The molecule has 0 rings (SSSR count). The molecule has 0 aliphatic carbocycles. The van der Waals surface area contributed by atoms with E-state index in [1.54, 1.807) is 0 Å². The van der Waals surface area contributed by atoms with Gasteiger partial charge in [-0.1, -0.05) is 220 Å². The average Bonchev–Trinajstić information content (AvgIpc) is 3.24. The van der Waals surface area contributed by atoms with Gasteiger partial charge in [-0.25, -0.2) is 0 Å². The second kappa shape index (κ2) is 46.6. The molecule has 60 heavy (non-hydrogen) atoms. The fourth-order valence-corrected chi connectivity index (χ4v) is 6.64. The van der Waals surface area contributed by atoms with E-state index < -0.39 is 18.2 Å². The first kappa shape index (κ1) is 56.5. The van der Waals surface area contributed by atoms with E-state index in [1.807, 2.05) is 60.8 Å². The molecule has 0 aliphatic rings. The van der Waals surface area contributed by atoms with E-state index in [1.165, 1.54) is 64.2 Å². The number of aliphatic hydroxyl groups excluding tert-OH is 2. The number of hydrogen-bond acceptors (Lipinski definition) is 5. The van der Waals surface area contributed by atoms with Crippen molar-refractivity contribution in [2.75, 3.05) is 6.61 Å². The first-order chi connectivity index (χ1) is 29.5. The molecule has 0 radical (unpaired) electrons. The van der Waals surface area contributed by atoms with E-state index in [-0.39, 0.29) is 24.9 Å². The van der Waals surface area contributed by atoms with Gasteiger partial charge in [0.15, 0.2) is 0 Å². The van der Waals surface area contributed by atoms with E-state index in [0.29, 0.717) is 19.3 Å². The topological polar surface area (TPSA) is 95.9 Å². The van der Waals surface area contributed by atoms with Crippen LogP contribution in [0.4, 0.5) is 0 Å². The molecule has 0 saturated heterocycles. The molecule has 0 bridgehead atoms. The summed E-state index contributed by atoms with van der Waals surface area (Å²) in [5.41, 5.74) is 0. The maximum atomic E-state index is 13.2. The Morgan fingerprint density at radius 3 is 1.40 bits per heavy atom. The van der Waals surface area contributed by atoms with E-state index in [9.17, 15) is 19.8 Å². The van der Waals surface area contributed by atoms with Crippen molar-refractivity contribution in [2.24, 2.45) is 0 Å². The van der Waals surface area contributed by atoms with Crippen molar-refractivity contribution < 1.29 is 24.5 Å². The quantitative estimate of drug-likeness (QED) is 0.0324. The smallest absolute Gasteiger partial charge is 0.306 e. The first-order valence-electron chi connectivity index (χ1n) is 24.2. The third kappa shape index (κ3) is 41.3. The summed E-state index contributed by atoms with van der Waals surface area (Å²) < 4.78 is 5.88. The molecule has 1 amide bonds. The van der Waals surface area contributed by atoms with E-state index in [2.05, 4.69) is 74.7 Å². The maximum absolute atomic E-state index is 13.2. The molecule has 0 aromatic carbocycles. The maximum Gasteiger partial charge on any atom is 0.306 e. The van der Waals surface area contributed by atoms with Gasteiger partial charge in [-0.15, -0.1) is 0 Å². The lowest BCUT2D eigenvalue weighted by Gasteiger charge is -2.24. The number of hydrogen-bond donors (Lipinski definition) is 3. The Bertz CT molecular complexity index is 1250. The van der Waals surface area contributed by atoms with Crippen LogP contribution in [0.25, 0.3) is 0 Å². The van der Waals surface area contributed by atoms with Gasteiger partial charge in [0.25, 0.3) is 0 Å². The molecule has 3 atom stereocenters. The highest BCUT2D eigenvalue weighted by Crippen LogP contribution is 2.16. The van der Waals surface area contributed by atoms with Crippen molar-refractivity contribution in [3.63, 3.8) is 0 Å². The van der Waals surface area contributed by atoms with Gasteiger partial charge in [0, 0.05) is 6.42 Å². The second-order valence-corrected chi connectivity index (χ2v) is 16.0. The van der Waals surface area contributed by atoms with Crippen LogP contribution >= 0.6 is 0 Å². The number of aliphatic hydroxyl groups is 2. The van der Waals surface area contributed by atoms with Crippen LogP contribution in [-0.2, 0) is 14.3 Å². The summed E-state index contributed by atoms with van der Waals surface area (Å²) in [6.07, 6.45) is 62.8. The number of esters is 1. The molecule has 340 valence electrons. The summed E-state index contributed by atoms with van der Waals surface area (Å²) in [6.45, 7) is 6.25. The van der Waals surface area contributed by atoms with Crippen LogP contribution < -0.4 is 5.32 Å². The Kier molecular flexibility index (Phi) is 43.9. The highest BCUT2D eigenvalue weighted by atomic mass is 16.5. The molecule has 0 aliphatic heterocycles. The zero-order chi connectivity index (χ0) is 43.8. The molecule has 0 spiro atoms. The summed E-state index contributed by atoms with van der Waals surface area (Å²) in [7, 11) is 0. The fraction of sp³-hybridized carbons (Fsp3) is 0.630. The van der Waals surface area contributed by atoms with Crippen LogP contribution in [0.2, 0.25) is 0 Å². The van der Waals surface area contributed by atoms with Crippen LogP contribution in [0.15, 0.2) is 109 Å². The van der Waals surface area contributed by atoms with Crippen LogP contribution in [0.5, 0.6) is 0 Å². The summed E-state index contributed by atoms with van der Waals surface area (Å²) in [6, 6.07) is -0.730. The molecule has 0 fully saturated rings. The molecule has 3 N–H and O–H groups in total. The molecule has 0 aromatic rings. The van der Waals surface area contributed by atoms with Gasteiger partial charge in [0.1, 0.15) is 6.10 Å². The lowest BCUT2D eigenvalue weighted by atomic mass is 10.0. The Morgan fingerprint density at radius 2 is 0.900 bits per heavy atom. The number of rotatable bonds is 41. The minimum atomic E-state index is -0.812. The number of allylic oxidation sites excluding steroid dienone is 18. The molecular weight excluding hydrogens is 743 g/mol. The number of carbonyl (C=O) groups is 2. The number of ether oxygens (including phenoxy) is 1. The molecule has 3 unspecified atom stereocenters. The Labute approximate surface area is 368 Å². The molecule has 6 heteroatoms. The van der Waals surface area contributed by atoms with Gasteiger partial charge in [0.2, 0.25) is 5.91 Å². The standard InChI is InChI=1S/C54H89NO5/c1-4-7-10-13-16-19-22-24-26-28-29-31-33-36-39-42-45-50(60-54(59)47-44-41-38-35-32-30-27-25-23-20-17-14-11-8-5-2)48-53(58)55-51(49-56)52(57)46-43-40-37-34-21-18-15-12-9-6-3/h8,11,14,16-17,19-20,22-32,50-52,56-57H,4-7,9-10,12-13,15,18,21,33-49H2,1-3H3,(H,55,58)/b11-8+,17-14+,19-16+,23-20-,24-22+,27-25-,28-26+,31-29+,32-30+. The van der Waals surface area contributed by atoms with Crippen LogP contribution in [0.3, 0.4) is 0 Å². The number of nitrogens with one attached hydrogen (secondary N) is 1. The molecule has 6 nitrogen and oxygen atoms in total. The Morgan fingerprint density at radius 1 is 0.500 bits per heavy atom. The summed E-state index contributed by atoms with van der Waals surface area (Å²) >= 11 is 0. The van der Waals surface area contributed by atoms with Crippen LogP contribution in [0.1, 0.15) is 194 Å². The fourth-order valence-electron chi connectivity index (χ4n) is 6.64. The van der Waals surface area contributed by atoms with Gasteiger partial charge >= 0.3 is 5.97 Å². The van der Waals surface area contributed by atoms with E-state index >= 15 is 0 Å². The monoisotopic (exact) mass is 832 g/mol. The van der Waals surface area contributed by atoms with Crippen molar-refractivity contribution >= 4 is 11.9 Å². The van der Waals surface area contributed by atoms with Gasteiger partial charge in [-0.3, -0.25) is 9.59 Å². The van der Waals surface area contributed by atoms with Crippen molar-refractivity contribution in [2.45, 2.75) is 212 Å². The Hall–Kier alpha value is -3.48. The molecule has 0 saturated carbocycles. The predicted molar refractivity (Wildman–Crippen MR) is 259 cm³/mol. The lowest BCUT2D eigenvalue weighted by molar-refractivity contribution is -0.151. The van der Waals surface area contributed by atoms with Crippen LogP contribution in [-0.4, -0.2) is 46.9 Å². The number of unbranched alkanes of at least 4 members (excludes halogenated alkanes) is 18. The summed E-state index contributed by atoms with van der Waals surface area (Å²) in [5, 5.41) is 23.6. The van der Waals surface area contributed by atoms with Crippen molar-refractivity contribution in [3.05, 3.63) is 109 Å². The third-order valence-corrected chi connectivity index (χ3v) is 10.3. The summed E-state index contributed by atoms with van der Waals surface area (Å²) in [5.74, 6) is -0.575. The zero-order valence-electron chi connectivity index (χ0n) is 38.5. The minimum Gasteiger partial charge on any atom is -0.462 e. The predicted octanol–water partition coefficient (Wildman–Crippen LogP) is 14.3. The van der Waals surface area contributed by atoms with Crippen molar-refractivity contribution in [3.8, 4) is 0 Å². The van der Waals surface area contributed by atoms with Gasteiger partial charge < -0.3 is 20.3 Å². The minimum absolute atomic E-state index is 0.0268.